The summed E-state index contributed by atoms with van der Waals surface area (Å²) in [6, 6.07) is 9.89. The molecule has 0 saturated heterocycles. The number of aromatic nitrogens is 7. The first-order valence-corrected chi connectivity index (χ1v) is 11.6. The van der Waals surface area contributed by atoms with Gasteiger partial charge in [0.05, 0.1) is 6.54 Å². The second-order valence-electron chi connectivity index (χ2n) is 8.87. The first kappa shape index (κ1) is 21.9. The minimum atomic E-state index is -0.0536. The van der Waals surface area contributed by atoms with Crippen LogP contribution in [0.1, 0.15) is 50.4 Å². The van der Waals surface area contributed by atoms with E-state index in [1.807, 2.05) is 47.3 Å². The van der Waals surface area contributed by atoms with Gasteiger partial charge in [-0.25, -0.2) is 4.79 Å². The fraction of sp³-hybridized carbons (Fsp3) is 0.360. The van der Waals surface area contributed by atoms with Gasteiger partial charge >= 0.3 is 5.69 Å². The van der Waals surface area contributed by atoms with E-state index in [4.69, 9.17) is 0 Å². The Balaban J connectivity index is 1.48. The van der Waals surface area contributed by atoms with Gasteiger partial charge in [0.25, 0.3) is 0 Å². The molecule has 0 bridgehead atoms. The number of ketones is 1. The molecule has 0 aliphatic heterocycles. The highest BCUT2D eigenvalue weighted by atomic mass is 16.2. The summed E-state index contributed by atoms with van der Waals surface area (Å²) in [7, 11) is 0. The Labute approximate surface area is 196 Å². The standard InChI is InChI=1S/C25H27N7O2/c1-3-4-5-20-15-32(23-12-22(23)16(2)33)25(34)31(20)14-19-13-26-11-10-21(19)17-6-8-18(9-7-17)24-27-29-30-28-24/h6-11,13,15,22-23H,3-5,12,14H2,1-2H3,(H,27,28,29,30). The summed E-state index contributed by atoms with van der Waals surface area (Å²) >= 11 is 0. The van der Waals surface area contributed by atoms with E-state index in [1.165, 1.54) is 0 Å². The van der Waals surface area contributed by atoms with Crippen LogP contribution >= 0.6 is 0 Å². The summed E-state index contributed by atoms with van der Waals surface area (Å²) < 4.78 is 3.62. The fourth-order valence-electron chi connectivity index (χ4n) is 4.53. The van der Waals surface area contributed by atoms with Crippen LogP contribution < -0.4 is 5.69 Å². The number of benzene rings is 1. The number of carbonyl (C=O) groups excluding carboxylic acids is 1. The normalized spacial score (nSPS) is 17.1. The van der Waals surface area contributed by atoms with Crippen molar-refractivity contribution >= 4 is 5.78 Å². The first-order valence-electron chi connectivity index (χ1n) is 11.6. The zero-order valence-electron chi connectivity index (χ0n) is 19.3. The molecule has 2 atom stereocenters. The molecule has 3 aromatic heterocycles. The van der Waals surface area contributed by atoms with Crippen LogP contribution in [0.25, 0.3) is 22.5 Å². The largest absolute Gasteiger partial charge is 0.328 e. The zero-order valence-corrected chi connectivity index (χ0v) is 19.3. The average Bonchev–Trinajstić information content (AvgIpc) is 3.34. The van der Waals surface area contributed by atoms with Crippen molar-refractivity contribution in [1.82, 2.24) is 34.7 Å². The molecular formula is C25H27N7O2. The Morgan fingerprint density at radius 2 is 1.97 bits per heavy atom. The van der Waals surface area contributed by atoms with E-state index in [1.54, 1.807) is 17.7 Å². The minimum Gasteiger partial charge on any atom is -0.300 e. The molecule has 3 heterocycles. The quantitative estimate of drug-likeness (QED) is 0.412. The number of carbonyl (C=O) groups is 1. The molecule has 0 radical (unpaired) electrons. The van der Waals surface area contributed by atoms with Gasteiger partial charge in [0, 0.05) is 41.8 Å². The van der Waals surface area contributed by atoms with Crippen molar-refractivity contribution in [3.8, 4) is 22.5 Å². The lowest BCUT2D eigenvalue weighted by atomic mass is 10.00. The molecule has 1 saturated carbocycles. The lowest BCUT2D eigenvalue weighted by Gasteiger charge is -2.12. The molecule has 9 heteroatoms. The van der Waals surface area contributed by atoms with E-state index in [0.717, 1.165) is 53.6 Å². The van der Waals surface area contributed by atoms with Crippen molar-refractivity contribution in [2.24, 2.45) is 5.92 Å². The molecule has 1 aliphatic carbocycles. The van der Waals surface area contributed by atoms with Crippen molar-refractivity contribution < 1.29 is 4.79 Å². The maximum atomic E-state index is 13.4. The summed E-state index contributed by atoms with van der Waals surface area (Å²) in [4.78, 5) is 29.6. The second-order valence-corrected chi connectivity index (χ2v) is 8.87. The van der Waals surface area contributed by atoms with Crippen molar-refractivity contribution in [3.63, 3.8) is 0 Å². The Bertz CT molecular complexity index is 1350. The van der Waals surface area contributed by atoms with E-state index in [-0.39, 0.29) is 23.4 Å². The topological polar surface area (TPSA) is 111 Å². The third-order valence-electron chi connectivity index (χ3n) is 6.54. The predicted octanol–water partition coefficient (Wildman–Crippen LogP) is 3.43. The van der Waals surface area contributed by atoms with E-state index in [0.29, 0.717) is 12.4 Å². The number of H-pyrrole nitrogens is 1. The van der Waals surface area contributed by atoms with E-state index in [9.17, 15) is 9.59 Å². The van der Waals surface area contributed by atoms with Crippen LogP contribution in [0.15, 0.2) is 53.7 Å². The van der Waals surface area contributed by atoms with Gasteiger partial charge in [-0.1, -0.05) is 37.6 Å². The number of hydrogen-bond donors (Lipinski definition) is 1. The molecule has 1 aromatic carbocycles. The van der Waals surface area contributed by atoms with E-state index >= 15 is 0 Å². The minimum absolute atomic E-state index is 0.0160. The number of rotatable bonds is 9. The molecule has 2 unspecified atom stereocenters. The summed E-state index contributed by atoms with van der Waals surface area (Å²) in [5.41, 5.74) is 4.82. The summed E-state index contributed by atoms with van der Waals surface area (Å²) in [6.45, 7) is 4.18. The molecule has 1 N–H and O–H groups in total. The fourth-order valence-corrected chi connectivity index (χ4v) is 4.53. The van der Waals surface area contributed by atoms with Gasteiger partial charge < -0.3 is 0 Å². The number of hydrogen-bond acceptors (Lipinski definition) is 6. The number of pyridine rings is 1. The smallest absolute Gasteiger partial charge is 0.300 e. The van der Waals surface area contributed by atoms with Crippen LogP contribution in [0.2, 0.25) is 0 Å². The molecular weight excluding hydrogens is 430 g/mol. The Kier molecular flexibility index (Phi) is 5.91. The number of nitrogens with zero attached hydrogens (tertiary/aromatic N) is 6. The third kappa shape index (κ3) is 4.21. The van der Waals surface area contributed by atoms with Gasteiger partial charge in [-0.05, 0) is 54.2 Å². The average molecular weight is 458 g/mol. The number of imidazole rings is 1. The maximum absolute atomic E-state index is 13.4. The highest BCUT2D eigenvalue weighted by molar-refractivity contribution is 5.81. The highest BCUT2D eigenvalue weighted by Gasteiger charge is 2.43. The van der Waals surface area contributed by atoms with Gasteiger partial charge in [0.15, 0.2) is 0 Å². The highest BCUT2D eigenvalue weighted by Crippen LogP contribution is 2.43. The van der Waals surface area contributed by atoms with Gasteiger partial charge in [0.1, 0.15) is 5.78 Å². The van der Waals surface area contributed by atoms with Crippen molar-refractivity contribution in [1.29, 1.82) is 0 Å². The molecule has 34 heavy (non-hydrogen) atoms. The van der Waals surface area contributed by atoms with Crippen LogP contribution in [0, 0.1) is 5.92 Å². The maximum Gasteiger partial charge on any atom is 0.328 e. The summed E-state index contributed by atoms with van der Waals surface area (Å²) in [5.74, 6) is 0.650. The Morgan fingerprint density at radius 1 is 1.18 bits per heavy atom. The van der Waals surface area contributed by atoms with Gasteiger partial charge in [-0.15, -0.1) is 10.2 Å². The molecule has 1 aliphatic rings. The molecule has 0 spiro atoms. The number of Topliss-reactive ketones (excluding diaryl/α,β-unsaturated/α-hetero) is 1. The van der Waals surface area contributed by atoms with Crippen molar-refractivity contribution in [2.75, 3.05) is 0 Å². The second kappa shape index (κ2) is 9.17. The molecule has 9 nitrogen and oxygen atoms in total. The SMILES string of the molecule is CCCCc1cn(C2CC2C(C)=O)c(=O)n1Cc1cnccc1-c1ccc(-c2nn[nH]n2)cc1. The van der Waals surface area contributed by atoms with Crippen LogP contribution in [-0.4, -0.2) is 40.5 Å². The molecule has 0 amide bonds. The summed E-state index contributed by atoms with van der Waals surface area (Å²) in [6.07, 6.45) is 9.17. The monoisotopic (exact) mass is 457 g/mol. The number of aromatic amines is 1. The number of nitrogens with one attached hydrogen (secondary N) is 1. The number of unbranched alkanes of at least 4 members (excludes halogenated alkanes) is 1. The van der Waals surface area contributed by atoms with Crippen LogP contribution in [0.3, 0.4) is 0 Å². The Morgan fingerprint density at radius 3 is 2.65 bits per heavy atom. The van der Waals surface area contributed by atoms with Crippen LogP contribution in [-0.2, 0) is 17.8 Å². The third-order valence-corrected chi connectivity index (χ3v) is 6.54. The van der Waals surface area contributed by atoms with Gasteiger partial charge in [-0.3, -0.25) is 18.9 Å². The van der Waals surface area contributed by atoms with Gasteiger partial charge in [0.2, 0.25) is 5.82 Å². The molecule has 1 fully saturated rings. The van der Waals surface area contributed by atoms with E-state index < -0.39 is 0 Å². The molecule has 174 valence electrons. The first-order chi connectivity index (χ1) is 16.6. The van der Waals surface area contributed by atoms with Crippen LogP contribution in [0.4, 0.5) is 0 Å². The molecule has 4 aromatic rings. The lowest BCUT2D eigenvalue weighted by molar-refractivity contribution is -0.118. The molecule has 5 rings (SSSR count). The number of aryl methyl sites for hydroxylation is 1. The van der Waals surface area contributed by atoms with Crippen molar-refractivity contribution in [3.05, 3.63) is 70.7 Å². The van der Waals surface area contributed by atoms with Crippen molar-refractivity contribution in [2.45, 2.75) is 52.1 Å². The van der Waals surface area contributed by atoms with E-state index in [2.05, 4.69) is 32.5 Å². The summed E-state index contributed by atoms with van der Waals surface area (Å²) in [5, 5.41) is 14.1. The predicted molar refractivity (Wildman–Crippen MR) is 127 cm³/mol. The zero-order chi connectivity index (χ0) is 23.7. The Hall–Kier alpha value is -3.88. The number of tetrazole rings is 1. The van der Waals surface area contributed by atoms with Gasteiger partial charge in [-0.2, -0.15) is 5.21 Å². The van der Waals surface area contributed by atoms with Crippen LogP contribution in [0.5, 0.6) is 0 Å². The lowest BCUT2D eigenvalue weighted by Crippen LogP contribution is -2.26.